The summed E-state index contributed by atoms with van der Waals surface area (Å²) >= 11 is 7.32. The lowest BCUT2D eigenvalue weighted by Crippen LogP contribution is -2.41. The van der Waals surface area contributed by atoms with Crippen LogP contribution >= 0.6 is 22.9 Å². The highest BCUT2D eigenvalue weighted by Gasteiger charge is 2.12. The predicted octanol–water partition coefficient (Wildman–Crippen LogP) is 2.85. The molecule has 0 aliphatic carbocycles. The lowest BCUT2D eigenvalue weighted by Gasteiger charge is -2.06. The molecule has 1 aromatic carbocycles. The number of hydrogen-bond acceptors (Lipinski definition) is 6. The Balaban J connectivity index is 1.46. The Hall–Kier alpha value is -2.71. The molecule has 9 heteroatoms. The number of benzene rings is 1. The first-order valence-electron chi connectivity index (χ1n) is 7.33. The molecule has 2 heterocycles. The van der Waals surface area contributed by atoms with E-state index in [9.17, 15) is 9.59 Å². The van der Waals surface area contributed by atoms with Gasteiger partial charge in [0, 0.05) is 23.4 Å². The Kier molecular flexibility index (Phi) is 5.42. The van der Waals surface area contributed by atoms with Crippen molar-refractivity contribution in [1.29, 1.82) is 0 Å². The number of carbonyl (C=O) groups is 2. The summed E-state index contributed by atoms with van der Waals surface area (Å²) in [5, 5.41) is 6.23. The highest BCUT2D eigenvalue weighted by atomic mass is 35.5. The second kappa shape index (κ2) is 7.91. The van der Waals surface area contributed by atoms with Crippen LogP contribution in [0, 0.1) is 0 Å². The predicted molar refractivity (Wildman–Crippen MR) is 93.0 cm³/mol. The molecule has 0 fully saturated rings. The number of hydrogen-bond donors (Lipinski definition) is 2. The van der Waals surface area contributed by atoms with Gasteiger partial charge < -0.3 is 4.52 Å². The molecule has 0 atom stereocenters. The van der Waals surface area contributed by atoms with Crippen molar-refractivity contribution >= 4 is 34.8 Å². The Morgan fingerprint density at radius 3 is 2.84 bits per heavy atom. The van der Waals surface area contributed by atoms with Gasteiger partial charge >= 0.3 is 0 Å². The van der Waals surface area contributed by atoms with Gasteiger partial charge in [0.05, 0.1) is 4.88 Å². The van der Waals surface area contributed by atoms with E-state index >= 15 is 0 Å². The number of amides is 2. The molecular weight excluding hydrogens is 364 g/mol. The number of nitrogens with one attached hydrogen (secondary N) is 2. The topological polar surface area (TPSA) is 97.1 Å². The van der Waals surface area contributed by atoms with E-state index in [-0.39, 0.29) is 18.7 Å². The summed E-state index contributed by atoms with van der Waals surface area (Å²) in [5.74, 6) is 0.0410. The van der Waals surface area contributed by atoms with Gasteiger partial charge in [-0.1, -0.05) is 28.9 Å². The first kappa shape index (κ1) is 17.1. The van der Waals surface area contributed by atoms with Gasteiger partial charge in [0.2, 0.25) is 17.6 Å². The largest absolute Gasteiger partial charge is 0.339 e. The first-order chi connectivity index (χ1) is 12.1. The molecule has 0 spiro atoms. The number of halogens is 1. The van der Waals surface area contributed by atoms with E-state index in [1.165, 1.54) is 17.4 Å². The number of nitrogens with zero attached hydrogens (tertiary/aromatic N) is 2. The third kappa shape index (κ3) is 4.65. The zero-order valence-electron chi connectivity index (χ0n) is 12.9. The van der Waals surface area contributed by atoms with Crippen LogP contribution in [-0.4, -0.2) is 22.0 Å². The Labute approximate surface area is 152 Å². The second-order valence-electron chi connectivity index (χ2n) is 5.00. The van der Waals surface area contributed by atoms with Crippen molar-refractivity contribution in [3.63, 3.8) is 0 Å². The van der Waals surface area contributed by atoms with Crippen LogP contribution in [0.1, 0.15) is 22.7 Å². The molecule has 0 saturated carbocycles. The summed E-state index contributed by atoms with van der Waals surface area (Å²) in [7, 11) is 0. The standard InChI is InChI=1S/C16H13ClN4O3S/c17-11-4-1-3-10(9-11)16(23)20-19-13(22)6-7-14-18-15(21-24-14)12-5-2-8-25-12/h1-5,8-9H,6-7H2,(H,19,22)(H,20,23). The van der Waals surface area contributed by atoms with Gasteiger partial charge in [-0.05, 0) is 29.6 Å². The summed E-state index contributed by atoms with van der Waals surface area (Å²) in [4.78, 5) is 28.8. The molecule has 0 saturated heterocycles. The fraction of sp³-hybridized carbons (Fsp3) is 0.125. The summed E-state index contributed by atoms with van der Waals surface area (Å²) in [6, 6.07) is 10.2. The van der Waals surface area contributed by atoms with Crippen LogP contribution in [0.5, 0.6) is 0 Å². The van der Waals surface area contributed by atoms with Crippen molar-refractivity contribution in [2.45, 2.75) is 12.8 Å². The summed E-state index contributed by atoms with van der Waals surface area (Å²) in [6.45, 7) is 0. The van der Waals surface area contributed by atoms with E-state index in [0.29, 0.717) is 22.3 Å². The minimum atomic E-state index is -0.450. The molecule has 2 aromatic heterocycles. The smallest absolute Gasteiger partial charge is 0.269 e. The van der Waals surface area contributed by atoms with Gasteiger partial charge in [0.25, 0.3) is 5.91 Å². The van der Waals surface area contributed by atoms with Crippen LogP contribution < -0.4 is 10.9 Å². The van der Waals surface area contributed by atoms with E-state index in [0.717, 1.165) is 4.88 Å². The average molecular weight is 377 g/mol. The minimum Gasteiger partial charge on any atom is -0.339 e. The maximum Gasteiger partial charge on any atom is 0.269 e. The van der Waals surface area contributed by atoms with Crippen LogP contribution in [0.2, 0.25) is 5.02 Å². The van der Waals surface area contributed by atoms with Crippen molar-refractivity contribution in [1.82, 2.24) is 21.0 Å². The summed E-state index contributed by atoms with van der Waals surface area (Å²) in [5.41, 5.74) is 5.02. The monoisotopic (exact) mass is 376 g/mol. The molecule has 128 valence electrons. The number of aryl methyl sites for hydroxylation is 1. The van der Waals surface area contributed by atoms with Crippen LogP contribution in [0.4, 0.5) is 0 Å². The Bertz CT molecular complexity index is 879. The second-order valence-corrected chi connectivity index (χ2v) is 6.39. The van der Waals surface area contributed by atoms with Gasteiger partial charge in [-0.2, -0.15) is 4.98 Å². The number of aromatic nitrogens is 2. The van der Waals surface area contributed by atoms with Gasteiger partial charge in [-0.3, -0.25) is 20.4 Å². The average Bonchev–Trinajstić information content (AvgIpc) is 3.29. The molecule has 0 radical (unpaired) electrons. The minimum absolute atomic E-state index is 0.0991. The number of hydrazine groups is 1. The molecule has 7 nitrogen and oxygen atoms in total. The van der Waals surface area contributed by atoms with E-state index in [4.69, 9.17) is 16.1 Å². The zero-order chi connectivity index (χ0) is 17.6. The lowest BCUT2D eigenvalue weighted by atomic mass is 10.2. The molecule has 3 aromatic rings. The fourth-order valence-corrected chi connectivity index (χ4v) is 2.81. The van der Waals surface area contributed by atoms with Crippen LogP contribution in [0.15, 0.2) is 46.3 Å². The number of rotatable bonds is 5. The molecule has 0 aliphatic rings. The maximum absolute atomic E-state index is 11.9. The first-order valence-corrected chi connectivity index (χ1v) is 8.59. The van der Waals surface area contributed by atoms with Crippen molar-refractivity contribution in [2.75, 3.05) is 0 Å². The van der Waals surface area contributed by atoms with Crippen molar-refractivity contribution in [3.05, 3.63) is 58.3 Å². The lowest BCUT2D eigenvalue weighted by molar-refractivity contribution is -0.121. The molecule has 0 aliphatic heterocycles. The quantitative estimate of drug-likeness (QED) is 0.667. The normalized spacial score (nSPS) is 10.4. The maximum atomic E-state index is 11.9. The molecular formula is C16H13ClN4O3S. The van der Waals surface area contributed by atoms with Gasteiger partial charge in [0.1, 0.15) is 0 Å². The van der Waals surface area contributed by atoms with Gasteiger partial charge in [-0.15, -0.1) is 11.3 Å². The molecule has 0 bridgehead atoms. The fourth-order valence-electron chi connectivity index (χ4n) is 1.97. The summed E-state index contributed by atoms with van der Waals surface area (Å²) in [6.07, 6.45) is 0.374. The number of thiophene rings is 1. The van der Waals surface area contributed by atoms with E-state index < -0.39 is 5.91 Å². The molecule has 2 N–H and O–H groups in total. The van der Waals surface area contributed by atoms with Crippen molar-refractivity contribution < 1.29 is 14.1 Å². The summed E-state index contributed by atoms with van der Waals surface area (Å²) < 4.78 is 5.11. The van der Waals surface area contributed by atoms with Crippen LogP contribution in [0.3, 0.4) is 0 Å². The molecule has 3 rings (SSSR count). The Morgan fingerprint density at radius 1 is 1.20 bits per heavy atom. The highest BCUT2D eigenvalue weighted by molar-refractivity contribution is 7.13. The molecule has 2 amide bonds. The zero-order valence-corrected chi connectivity index (χ0v) is 14.4. The van der Waals surface area contributed by atoms with Gasteiger partial charge in [-0.25, -0.2) is 0 Å². The van der Waals surface area contributed by atoms with E-state index in [1.807, 2.05) is 17.5 Å². The highest BCUT2D eigenvalue weighted by Crippen LogP contribution is 2.21. The third-order valence-corrected chi connectivity index (χ3v) is 4.28. The molecule has 25 heavy (non-hydrogen) atoms. The van der Waals surface area contributed by atoms with Crippen molar-refractivity contribution in [2.24, 2.45) is 0 Å². The van der Waals surface area contributed by atoms with Crippen molar-refractivity contribution in [3.8, 4) is 10.7 Å². The third-order valence-electron chi connectivity index (χ3n) is 3.18. The SMILES string of the molecule is O=C(CCc1nc(-c2cccs2)no1)NNC(=O)c1cccc(Cl)c1. The number of carbonyl (C=O) groups excluding carboxylic acids is 2. The van der Waals surface area contributed by atoms with E-state index in [1.54, 1.807) is 18.2 Å². The van der Waals surface area contributed by atoms with Gasteiger partial charge in [0.15, 0.2) is 0 Å². The van der Waals surface area contributed by atoms with E-state index in [2.05, 4.69) is 21.0 Å². The Morgan fingerprint density at radius 2 is 2.08 bits per heavy atom. The van der Waals surface area contributed by atoms with Crippen LogP contribution in [0.25, 0.3) is 10.7 Å². The molecule has 0 unspecified atom stereocenters. The van der Waals surface area contributed by atoms with Crippen LogP contribution in [-0.2, 0) is 11.2 Å².